The van der Waals surface area contributed by atoms with E-state index in [1.54, 1.807) is 20.3 Å². The molecule has 94 valence electrons. The number of benzene rings is 1. The first kappa shape index (κ1) is 14.1. The Bertz CT molecular complexity index is 423. The van der Waals surface area contributed by atoms with Crippen LogP contribution in [-0.2, 0) is 6.42 Å². The van der Waals surface area contributed by atoms with Crippen LogP contribution >= 0.6 is 23.8 Å². The van der Waals surface area contributed by atoms with E-state index in [9.17, 15) is 0 Å². The van der Waals surface area contributed by atoms with Gasteiger partial charge >= 0.3 is 0 Å². The molecule has 0 bridgehead atoms. The Morgan fingerprint density at radius 2 is 1.88 bits per heavy atom. The fourth-order valence-corrected chi connectivity index (χ4v) is 1.80. The summed E-state index contributed by atoms with van der Waals surface area (Å²) in [5.74, 6) is 1.37. The van der Waals surface area contributed by atoms with Gasteiger partial charge in [0, 0.05) is 17.0 Å². The zero-order valence-electron chi connectivity index (χ0n) is 10.1. The topological polar surface area (TPSA) is 44.5 Å². The molecular formula is C12H16ClNO2S. The van der Waals surface area contributed by atoms with E-state index in [-0.39, 0.29) is 5.92 Å². The molecule has 1 rings (SSSR count). The third kappa shape index (κ3) is 3.48. The number of nitrogens with two attached hydrogens (primary N) is 1. The van der Waals surface area contributed by atoms with Crippen molar-refractivity contribution in [2.45, 2.75) is 13.3 Å². The second-order valence-electron chi connectivity index (χ2n) is 3.81. The summed E-state index contributed by atoms with van der Waals surface area (Å²) in [6.45, 7) is 1.97. The molecular weight excluding hydrogens is 258 g/mol. The van der Waals surface area contributed by atoms with Crippen molar-refractivity contribution in [3.05, 3.63) is 22.7 Å². The van der Waals surface area contributed by atoms with Gasteiger partial charge in [-0.3, -0.25) is 0 Å². The first-order chi connectivity index (χ1) is 7.99. The molecule has 0 radical (unpaired) electrons. The summed E-state index contributed by atoms with van der Waals surface area (Å²) in [6.07, 6.45) is 0.689. The van der Waals surface area contributed by atoms with Gasteiger partial charge in [-0.2, -0.15) is 0 Å². The van der Waals surface area contributed by atoms with E-state index in [1.807, 2.05) is 13.0 Å². The molecule has 0 heterocycles. The maximum absolute atomic E-state index is 6.17. The van der Waals surface area contributed by atoms with Gasteiger partial charge in [0.15, 0.2) is 11.5 Å². The average Bonchev–Trinajstić information content (AvgIpc) is 2.30. The van der Waals surface area contributed by atoms with E-state index in [4.69, 9.17) is 39.0 Å². The van der Waals surface area contributed by atoms with Crippen molar-refractivity contribution >= 4 is 28.8 Å². The molecule has 0 aliphatic rings. The van der Waals surface area contributed by atoms with Gasteiger partial charge in [0.2, 0.25) is 0 Å². The molecule has 0 fully saturated rings. The Morgan fingerprint density at radius 3 is 2.35 bits per heavy atom. The average molecular weight is 274 g/mol. The molecule has 0 aliphatic heterocycles. The third-order valence-electron chi connectivity index (χ3n) is 2.56. The first-order valence-electron chi connectivity index (χ1n) is 5.19. The fraction of sp³-hybridized carbons (Fsp3) is 0.417. The van der Waals surface area contributed by atoms with Gasteiger partial charge in [-0.1, -0.05) is 30.7 Å². The van der Waals surface area contributed by atoms with Crippen molar-refractivity contribution in [1.29, 1.82) is 0 Å². The van der Waals surface area contributed by atoms with E-state index in [1.165, 1.54) is 0 Å². The maximum atomic E-state index is 6.17. The third-order valence-corrected chi connectivity index (χ3v) is 3.32. The monoisotopic (exact) mass is 273 g/mol. The van der Waals surface area contributed by atoms with E-state index < -0.39 is 0 Å². The van der Waals surface area contributed by atoms with Crippen LogP contribution in [0.15, 0.2) is 12.1 Å². The molecule has 0 saturated heterocycles. The molecule has 0 saturated carbocycles. The molecule has 0 amide bonds. The smallest absolute Gasteiger partial charge is 0.162 e. The van der Waals surface area contributed by atoms with Gasteiger partial charge in [0.1, 0.15) is 0 Å². The minimum absolute atomic E-state index is 0.0978. The lowest BCUT2D eigenvalue weighted by Gasteiger charge is -2.14. The Hall–Kier alpha value is -1.00. The molecule has 17 heavy (non-hydrogen) atoms. The molecule has 0 aromatic heterocycles. The van der Waals surface area contributed by atoms with Crippen LogP contribution in [0, 0.1) is 5.92 Å². The summed E-state index contributed by atoms with van der Waals surface area (Å²) in [7, 11) is 3.16. The van der Waals surface area contributed by atoms with Crippen LogP contribution in [0.1, 0.15) is 12.5 Å². The summed E-state index contributed by atoms with van der Waals surface area (Å²) >= 11 is 11.1. The number of hydrogen-bond acceptors (Lipinski definition) is 3. The zero-order chi connectivity index (χ0) is 13.0. The van der Waals surface area contributed by atoms with Crippen molar-refractivity contribution in [3.63, 3.8) is 0 Å². The Balaban J connectivity index is 3.04. The number of thiocarbonyl (C=S) groups is 1. The zero-order valence-corrected chi connectivity index (χ0v) is 11.7. The number of halogens is 1. The van der Waals surface area contributed by atoms with Crippen molar-refractivity contribution in [2.24, 2.45) is 11.7 Å². The minimum atomic E-state index is 0.0978. The summed E-state index contributed by atoms with van der Waals surface area (Å²) in [5.41, 5.74) is 6.54. The van der Waals surface area contributed by atoms with Crippen molar-refractivity contribution in [1.82, 2.24) is 0 Å². The summed E-state index contributed by atoms with van der Waals surface area (Å²) < 4.78 is 10.4. The minimum Gasteiger partial charge on any atom is -0.493 e. The molecule has 1 aromatic rings. The Morgan fingerprint density at radius 1 is 1.35 bits per heavy atom. The molecule has 2 N–H and O–H groups in total. The number of ether oxygens (including phenoxy) is 2. The maximum Gasteiger partial charge on any atom is 0.162 e. The van der Waals surface area contributed by atoms with Crippen molar-refractivity contribution in [3.8, 4) is 11.5 Å². The van der Waals surface area contributed by atoms with E-state index in [0.29, 0.717) is 27.9 Å². The summed E-state index contributed by atoms with van der Waals surface area (Å²) in [6, 6.07) is 3.60. The lowest BCUT2D eigenvalue weighted by atomic mass is 10.0. The van der Waals surface area contributed by atoms with Crippen molar-refractivity contribution in [2.75, 3.05) is 14.2 Å². The van der Waals surface area contributed by atoms with Crippen molar-refractivity contribution < 1.29 is 9.47 Å². The largest absolute Gasteiger partial charge is 0.493 e. The standard InChI is InChI=1S/C12H16ClNO2S/c1-7(12(14)17)4-8-5-10(15-2)11(16-3)6-9(8)13/h5-7H,4H2,1-3H3,(H2,14,17). The predicted molar refractivity (Wildman–Crippen MR) is 74.2 cm³/mol. The van der Waals surface area contributed by atoms with Crippen LogP contribution in [0.2, 0.25) is 5.02 Å². The van der Waals surface area contributed by atoms with Crippen LogP contribution in [0.3, 0.4) is 0 Å². The quantitative estimate of drug-likeness (QED) is 0.838. The molecule has 1 aromatic carbocycles. The second kappa shape index (κ2) is 6.07. The van der Waals surface area contributed by atoms with Gasteiger partial charge in [0.05, 0.1) is 19.2 Å². The molecule has 1 atom stereocenters. The highest BCUT2D eigenvalue weighted by atomic mass is 35.5. The molecule has 3 nitrogen and oxygen atoms in total. The Labute approximate surface area is 112 Å². The van der Waals surface area contributed by atoms with Gasteiger partial charge < -0.3 is 15.2 Å². The predicted octanol–water partition coefficient (Wildman–Crippen LogP) is 2.82. The van der Waals surface area contributed by atoms with Gasteiger partial charge in [0.25, 0.3) is 0 Å². The number of hydrogen-bond donors (Lipinski definition) is 1. The lowest BCUT2D eigenvalue weighted by Crippen LogP contribution is -2.20. The highest BCUT2D eigenvalue weighted by Crippen LogP contribution is 2.34. The van der Waals surface area contributed by atoms with Gasteiger partial charge in [-0.15, -0.1) is 0 Å². The van der Waals surface area contributed by atoms with E-state index in [0.717, 1.165) is 5.56 Å². The van der Waals surface area contributed by atoms with Crippen LogP contribution in [0.5, 0.6) is 11.5 Å². The highest BCUT2D eigenvalue weighted by molar-refractivity contribution is 7.80. The molecule has 5 heteroatoms. The number of methoxy groups -OCH3 is 2. The van der Waals surface area contributed by atoms with Gasteiger partial charge in [-0.25, -0.2) is 0 Å². The van der Waals surface area contributed by atoms with E-state index in [2.05, 4.69) is 0 Å². The van der Waals surface area contributed by atoms with Crippen LogP contribution < -0.4 is 15.2 Å². The van der Waals surface area contributed by atoms with Gasteiger partial charge in [-0.05, 0) is 18.1 Å². The SMILES string of the molecule is COc1cc(Cl)c(CC(C)C(N)=S)cc1OC. The first-order valence-corrected chi connectivity index (χ1v) is 5.98. The normalized spacial score (nSPS) is 12.0. The fourth-order valence-electron chi connectivity index (χ4n) is 1.48. The molecule has 0 aliphatic carbocycles. The molecule has 1 unspecified atom stereocenters. The number of rotatable bonds is 5. The second-order valence-corrected chi connectivity index (χ2v) is 4.68. The summed E-state index contributed by atoms with van der Waals surface area (Å²) in [5, 5.41) is 0.630. The van der Waals surface area contributed by atoms with Crippen LogP contribution in [0.25, 0.3) is 0 Å². The lowest BCUT2D eigenvalue weighted by molar-refractivity contribution is 0.354. The molecule has 0 spiro atoms. The van der Waals surface area contributed by atoms with E-state index >= 15 is 0 Å². The highest BCUT2D eigenvalue weighted by Gasteiger charge is 2.13. The van der Waals surface area contributed by atoms with Crippen LogP contribution in [-0.4, -0.2) is 19.2 Å². The van der Waals surface area contributed by atoms with Crippen LogP contribution in [0.4, 0.5) is 0 Å². The Kier molecular flexibility index (Phi) is 5.02. The summed E-state index contributed by atoms with van der Waals surface area (Å²) in [4.78, 5) is 0.482.